The number of aromatic nitrogens is 1. The molecule has 0 unspecified atom stereocenters. The highest BCUT2D eigenvalue weighted by molar-refractivity contribution is 6.02. The quantitative estimate of drug-likeness (QED) is 0.900. The van der Waals surface area contributed by atoms with E-state index in [4.69, 9.17) is 0 Å². The van der Waals surface area contributed by atoms with E-state index >= 15 is 0 Å². The molecule has 0 bridgehead atoms. The number of carbonyl (C=O) groups is 1. The number of hydrogen-bond donors (Lipinski definition) is 2. The van der Waals surface area contributed by atoms with E-state index in [0.717, 1.165) is 12.8 Å². The first-order valence-corrected chi connectivity index (χ1v) is 7.61. The van der Waals surface area contributed by atoms with E-state index in [-0.39, 0.29) is 29.9 Å². The van der Waals surface area contributed by atoms with Crippen LogP contribution in [0.1, 0.15) is 12.8 Å². The number of nitrogens with zero attached hydrogens (tertiary/aromatic N) is 2. The summed E-state index contributed by atoms with van der Waals surface area (Å²) in [4.78, 5) is 18.1. The van der Waals surface area contributed by atoms with Crippen molar-refractivity contribution >= 4 is 22.6 Å². The second-order valence-electron chi connectivity index (χ2n) is 5.49. The fraction of sp³-hybridized carbons (Fsp3) is 0.375. The van der Waals surface area contributed by atoms with E-state index in [0.29, 0.717) is 17.6 Å². The highest BCUT2D eigenvalue weighted by atomic mass is 19.3. The largest absolute Gasteiger partial charge is 0.432 e. The molecule has 1 atom stereocenters. The van der Waals surface area contributed by atoms with Crippen molar-refractivity contribution in [2.24, 2.45) is 0 Å². The van der Waals surface area contributed by atoms with Crippen LogP contribution in [0.5, 0.6) is 5.75 Å². The van der Waals surface area contributed by atoms with Gasteiger partial charge in [-0.25, -0.2) is 4.79 Å². The van der Waals surface area contributed by atoms with Crippen molar-refractivity contribution in [3.63, 3.8) is 0 Å². The van der Waals surface area contributed by atoms with Gasteiger partial charge in [-0.05, 0) is 37.1 Å². The SMILES string of the molecule is O=C(Nc1ccc(OC(F)F)c2ncccc12)N1CCC[C@H]1CO. The molecule has 2 aromatic rings. The molecule has 0 saturated carbocycles. The maximum Gasteiger partial charge on any atom is 0.387 e. The van der Waals surface area contributed by atoms with Crippen molar-refractivity contribution in [2.45, 2.75) is 25.5 Å². The third kappa shape index (κ3) is 3.23. The maximum atomic E-state index is 12.5. The lowest BCUT2D eigenvalue weighted by Gasteiger charge is -2.23. The molecule has 2 N–H and O–H groups in total. The molecular weight excluding hydrogens is 320 g/mol. The fourth-order valence-corrected chi connectivity index (χ4v) is 2.93. The average molecular weight is 337 g/mol. The van der Waals surface area contributed by atoms with Crippen molar-refractivity contribution in [1.29, 1.82) is 0 Å². The Bertz CT molecular complexity index is 742. The zero-order chi connectivity index (χ0) is 17.1. The number of ether oxygens (including phenoxy) is 1. The fourth-order valence-electron chi connectivity index (χ4n) is 2.93. The first-order chi connectivity index (χ1) is 11.6. The van der Waals surface area contributed by atoms with Gasteiger partial charge in [-0.2, -0.15) is 8.78 Å². The van der Waals surface area contributed by atoms with Gasteiger partial charge in [0.05, 0.1) is 18.3 Å². The standard InChI is InChI=1S/C16H17F2N3O3/c17-15(18)24-13-6-5-12(11-4-1-7-19-14(11)13)20-16(23)21-8-2-3-10(21)9-22/h1,4-7,10,15,22H,2-3,8-9H2,(H,20,23)/t10-/m0/s1. The number of anilines is 1. The van der Waals surface area contributed by atoms with Crippen LogP contribution in [-0.4, -0.2) is 46.8 Å². The Balaban J connectivity index is 1.89. The third-order valence-electron chi connectivity index (χ3n) is 4.04. The van der Waals surface area contributed by atoms with E-state index in [1.54, 1.807) is 17.0 Å². The second kappa shape index (κ2) is 6.96. The summed E-state index contributed by atoms with van der Waals surface area (Å²) in [5, 5.41) is 12.6. The number of likely N-dealkylation sites (tertiary alicyclic amines) is 1. The zero-order valence-corrected chi connectivity index (χ0v) is 12.8. The Morgan fingerprint density at radius 2 is 2.29 bits per heavy atom. The van der Waals surface area contributed by atoms with Gasteiger partial charge in [0.1, 0.15) is 5.52 Å². The van der Waals surface area contributed by atoms with Gasteiger partial charge in [0.2, 0.25) is 0 Å². The number of urea groups is 1. The Morgan fingerprint density at radius 1 is 1.46 bits per heavy atom. The van der Waals surface area contributed by atoms with Crippen LogP contribution in [0.3, 0.4) is 0 Å². The zero-order valence-electron chi connectivity index (χ0n) is 12.8. The second-order valence-corrected chi connectivity index (χ2v) is 5.49. The van der Waals surface area contributed by atoms with Crippen molar-refractivity contribution in [2.75, 3.05) is 18.5 Å². The van der Waals surface area contributed by atoms with Gasteiger partial charge in [0, 0.05) is 18.1 Å². The molecule has 0 radical (unpaired) electrons. The number of hydrogen-bond acceptors (Lipinski definition) is 4. The normalized spacial score (nSPS) is 17.5. The van der Waals surface area contributed by atoms with E-state index in [2.05, 4.69) is 15.0 Å². The van der Waals surface area contributed by atoms with Gasteiger partial charge in [0.15, 0.2) is 5.75 Å². The summed E-state index contributed by atoms with van der Waals surface area (Å²) in [5.41, 5.74) is 0.698. The molecule has 8 heteroatoms. The molecule has 1 saturated heterocycles. The van der Waals surface area contributed by atoms with Crippen LogP contribution in [-0.2, 0) is 0 Å². The molecule has 1 fully saturated rings. The molecule has 1 aromatic heterocycles. The van der Waals surface area contributed by atoms with Gasteiger partial charge in [-0.15, -0.1) is 0 Å². The molecule has 1 aliphatic rings. The predicted molar refractivity (Wildman–Crippen MR) is 84.2 cm³/mol. The molecule has 24 heavy (non-hydrogen) atoms. The molecule has 0 aliphatic carbocycles. The molecule has 6 nitrogen and oxygen atoms in total. The van der Waals surface area contributed by atoms with Gasteiger partial charge in [-0.3, -0.25) is 4.98 Å². The summed E-state index contributed by atoms with van der Waals surface area (Å²) < 4.78 is 29.5. The number of rotatable bonds is 4. The Morgan fingerprint density at radius 3 is 3.04 bits per heavy atom. The smallest absolute Gasteiger partial charge is 0.387 e. The molecule has 1 aliphatic heterocycles. The van der Waals surface area contributed by atoms with Crippen molar-refractivity contribution in [3.05, 3.63) is 30.5 Å². The maximum absolute atomic E-state index is 12.5. The number of aliphatic hydroxyl groups is 1. The number of alkyl halides is 2. The minimum absolute atomic E-state index is 0.0481. The molecule has 2 heterocycles. The summed E-state index contributed by atoms with van der Waals surface area (Å²) >= 11 is 0. The summed E-state index contributed by atoms with van der Waals surface area (Å²) in [5.74, 6) is -0.0481. The number of pyridine rings is 1. The lowest BCUT2D eigenvalue weighted by Crippen LogP contribution is -2.40. The van der Waals surface area contributed by atoms with Crippen LogP contribution in [0.15, 0.2) is 30.5 Å². The molecule has 1 aromatic carbocycles. The van der Waals surface area contributed by atoms with E-state index in [1.807, 2.05) is 0 Å². The van der Waals surface area contributed by atoms with Gasteiger partial charge in [0.25, 0.3) is 0 Å². The van der Waals surface area contributed by atoms with Crippen LogP contribution in [0.4, 0.5) is 19.3 Å². The lowest BCUT2D eigenvalue weighted by atomic mass is 10.1. The summed E-state index contributed by atoms with van der Waals surface area (Å²) in [6.45, 7) is -2.47. The predicted octanol–water partition coefficient (Wildman–Crippen LogP) is 2.82. The Kier molecular flexibility index (Phi) is 4.75. The number of carbonyl (C=O) groups excluding carboxylic acids is 1. The van der Waals surface area contributed by atoms with Crippen LogP contribution in [0.2, 0.25) is 0 Å². The van der Waals surface area contributed by atoms with Crippen molar-refractivity contribution in [3.8, 4) is 5.75 Å². The number of halogens is 2. The summed E-state index contributed by atoms with van der Waals surface area (Å²) in [6, 6.07) is 5.64. The van der Waals surface area contributed by atoms with Gasteiger partial charge >= 0.3 is 12.6 Å². The minimum atomic E-state index is -2.95. The monoisotopic (exact) mass is 337 g/mol. The molecular formula is C16H17F2N3O3. The number of nitrogens with one attached hydrogen (secondary N) is 1. The average Bonchev–Trinajstić information content (AvgIpc) is 3.05. The van der Waals surface area contributed by atoms with Crippen molar-refractivity contribution in [1.82, 2.24) is 9.88 Å². The van der Waals surface area contributed by atoms with Gasteiger partial charge < -0.3 is 20.1 Å². The van der Waals surface area contributed by atoms with Crippen LogP contribution >= 0.6 is 0 Å². The summed E-state index contributed by atoms with van der Waals surface area (Å²) in [6.07, 6.45) is 3.06. The van der Waals surface area contributed by atoms with Crippen LogP contribution < -0.4 is 10.1 Å². The highest BCUT2D eigenvalue weighted by Crippen LogP contribution is 2.31. The third-order valence-corrected chi connectivity index (χ3v) is 4.04. The lowest BCUT2D eigenvalue weighted by molar-refractivity contribution is -0.0489. The number of aliphatic hydroxyl groups excluding tert-OH is 1. The minimum Gasteiger partial charge on any atom is -0.432 e. The topological polar surface area (TPSA) is 74.7 Å². The Hall–Kier alpha value is -2.48. The van der Waals surface area contributed by atoms with Crippen LogP contribution in [0, 0.1) is 0 Å². The first-order valence-electron chi connectivity index (χ1n) is 7.61. The number of amides is 2. The molecule has 3 rings (SSSR count). The molecule has 2 amide bonds. The molecule has 0 spiro atoms. The number of benzene rings is 1. The highest BCUT2D eigenvalue weighted by Gasteiger charge is 2.28. The molecule has 128 valence electrons. The Labute approximate surface area is 137 Å². The van der Waals surface area contributed by atoms with E-state index < -0.39 is 6.61 Å². The first kappa shape index (κ1) is 16.4. The van der Waals surface area contributed by atoms with Gasteiger partial charge in [-0.1, -0.05) is 0 Å². The summed E-state index contributed by atoms with van der Waals surface area (Å²) in [7, 11) is 0. The van der Waals surface area contributed by atoms with Crippen LogP contribution in [0.25, 0.3) is 10.9 Å². The number of fused-ring (bicyclic) bond motifs is 1. The van der Waals surface area contributed by atoms with E-state index in [9.17, 15) is 18.7 Å². The van der Waals surface area contributed by atoms with Crippen molar-refractivity contribution < 1.29 is 23.4 Å². The van der Waals surface area contributed by atoms with E-state index in [1.165, 1.54) is 18.3 Å².